The van der Waals surface area contributed by atoms with E-state index in [1.165, 1.54) is 24.3 Å². The molecular weight excluding hydrogens is 327 g/mol. The van der Waals surface area contributed by atoms with E-state index in [-0.39, 0.29) is 30.2 Å². The predicted molar refractivity (Wildman–Crippen MR) is 90.9 cm³/mol. The molecule has 0 bridgehead atoms. The first kappa shape index (κ1) is 18.6. The maximum Gasteiger partial charge on any atom is 0.412 e. The van der Waals surface area contributed by atoms with Gasteiger partial charge in [0.25, 0.3) is 5.91 Å². The van der Waals surface area contributed by atoms with Gasteiger partial charge in [-0.2, -0.15) is 0 Å². The summed E-state index contributed by atoms with van der Waals surface area (Å²) in [7, 11) is 0. The average Bonchev–Trinajstić information content (AvgIpc) is 2.81. The highest BCUT2D eigenvalue weighted by Gasteiger charge is 2.35. The summed E-state index contributed by atoms with van der Waals surface area (Å²) in [5.74, 6) is -1.40. The molecule has 0 spiro atoms. The molecule has 25 heavy (non-hydrogen) atoms. The third-order valence-electron chi connectivity index (χ3n) is 3.80. The topological polar surface area (TPSA) is 103 Å². The molecular formula is C17H21FN4O3. The number of amides is 2. The molecule has 0 saturated carbocycles. The van der Waals surface area contributed by atoms with Crippen LogP contribution >= 0.6 is 0 Å². The van der Waals surface area contributed by atoms with Gasteiger partial charge in [-0.1, -0.05) is 12.1 Å². The van der Waals surface area contributed by atoms with Crippen molar-refractivity contribution in [1.82, 2.24) is 16.0 Å². The summed E-state index contributed by atoms with van der Waals surface area (Å²) >= 11 is 0. The lowest BCUT2D eigenvalue weighted by Crippen LogP contribution is -2.39. The second-order valence-electron chi connectivity index (χ2n) is 5.99. The van der Waals surface area contributed by atoms with Gasteiger partial charge in [-0.05, 0) is 32.9 Å². The molecule has 0 atom stereocenters. The molecule has 2 rings (SSSR count). The zero-order valence-electron chi connectivity index (χ0n) is 14.3. The summed E-state index contributed by atoms with van der Waals surface area (Å²) in [6.45, 7) is 5.68. The summed E-state index contributed by atoms with van der Waals surface area (Å²) in [5.41, 5.74) is -0.154. The molecule has 0 aromatic heterocycles. The van der Waals surface area contributed by atoms with E-state index in [0.717, 1.165) is 0 Å². The first-order chi connectivity index (χ1) is 11.8. The minimum absolute atomic E-state index is 0.00905. The Bertz CT molecular complexity index is 743. The number of rotatable bonds is 4. The maximum absolute atomic E-state index is 13.8. The smallest absolute Gasteiger partial charge is 0.412 e. The van der Waals surface area contributed by atoms with Crippen LogP contribution in [0.5, 0.6) is 0 Å². The van der Waals surface area contributed by atoms with Crippen molar-refractivity contribution in [2.45, 2.75) is 26.3 Å². The van der Waals surface area contributed by atoms with Crippen LogP contribution in [-0.2, 0) is 4.74 Å². The van der Waals surface area contributed by atoms with E-state index >= 15 is 0 Å². The number of benzene rings is 1. The van der Waals surface area contributed by atoms with Crippen LogP contribution in [0.25, 0.3) is 0 Å². The van der Waals surface area contributed by atoms with E-state index in [1.54, 1.807) is 6.92 Å². The quantitative estimate of drug-likeness (QED) is 0.667. The lowest BCUT2D eigenvalue weighted by molar-refractivity contribution is 0.0958. The third-order valence-corrected chi connectivity index (χ3v) is 3.80. The van der Waals surface area contributed by atoms with Gasteiger partial charge in [0.1, 0.15) is 11.6 Å². The van der Waals surface area contributed by atoms with Crippen LogP contribution in [0.2, 0.25) is 0 Å². The van der Waals surface area contributed by atoms with Crippen LogP contribution in [-0.4, -0.2) is 36.4 Å². The van der Waals surface area contributed by atoms with Crippen molar-refractivity contribution < 1.29 is 18.7 Å². The standard InChI is InChI=1S/C17H21FN4O3/c1-4-25-16(24)22-14(11-9-20-17(2,3)13(11)19)21-15(23)10-7-5-6-8-12(10)18/h5-8,19-20H,4,9H2,1-3H3,(H,21,23)(H,22,24)/b14-11-,19-13?. The van der Waals surface area contributed by atoms with Gasteiger partial charge in [-0.3, -0.25) is 10.1 Å². The van der Waals surface area contributed by atoms with Gasteiger partial charge >= 0.3 is 6.09 Å². The van der Waals surface area contributed by atoms with Gasteiger partial charge in [0.15, 0.2) is 0 Å². The Balaban J connectivity index is 2.33. The van der Waals surface area contributed by atoms with Gasteiger partial charge in [-0.15, -0.1) is 0 Å². The van der Waals surface area contributed by atoms with Gasteiger partial charge in [0.05, 0.1) is 23.4 Å². The van der Waals surface area contributed by atoms with Crippen molar-refractivity contribution in [2.75, 3.05) is 13.2 Å². The van der Waals surface area contributed by atoms with Gasteiger partial charge in [0.2, 0.25) is 0 Å². The van der Waals surface area contributed by atoms with Crippen molar-refractivity contribution >= 4 is 17.7 Å². The molecule has 7 nitrogen and oxygen atoms in total. The molecule has 1 aliphatic rings. The molecule has 0 radical (unpaired) electrons. The number of ether oxygens (including phenoxy) is 1. The van der Waals surface area contributed by atoms with E-state index in [0.29, 0.717) is 5.57 Å². The Morgan fingerprint density at radius 3 is 2.56 bits per heavy atom. The number of hydrogen-bond donors (Lipinski definition) is 4. The molecule has 1 aromatic carbocycles. The van der Waals surface area contributed by atoms with Gasteiger partial charge in [0, 0.05) is 12.1 Å². The van der Waals surface area contributed by atoms with Crippen LogP contribution < -0.4 is 16.0 Å². The highest BCUT2D eigenvalue weighted by Crippen LogP contribution is 2.20. The molecule has 2 amide bonds. The van der Waals surface area contributed by atoms with Crippen LogP contribution in [0.4, 0.5) is 9.18 Å². The fraction of sp³-hybridized carbons (Fsp3) is 0.353. The number of carbonyl (C=O) groups excluding carboxylic acids is 2. The molecule has 1 aliphatic heterocycles. The van der Waals surface area contributed by atoms with Gasteiger partial charge in [-0.25, -0.2) is 9.18 Å². The average molecular weight is 348 g/mol. The van der Waals surface area contributed by atoms with E-state index in [4.69, 9.17) is 10.1 Å². The summed E-state index contributed by atoms with van der Waals surface area (Å²) < 4.78 is 18.6. The Hall–Kier alpha value is -2.74. The van der Waals surface area contributed by atoms with Crippen LogP contribution in [0.1, 0.15) is 31.1 Å². The first-order valence-electron chi connectivity index (χ1n) is 7.83. The maximum atomic E-state index is 13.8. The third kappa shape index (κ3) is 4.21. The highest BCUT2D eigenvalue weighted by molar-refractivity contribution is 6.08. The van der Waals surface area contributed by atoms with Crippen LogP contribution in [0.3, 0.4) is 0 Å². The number of halogens is 1. The zero-order chi connectivity index (χ0) is 18.6. The molecule has 4 N–H and O–H groups in total. The summed E-state index contributed by atoms with van der Waals surface area (Å²) in [6.07, 6.45) is -0.767. The lowest BCUT2D eigenvalue weighted by atomic mass is 9.98. The van der Waals surface area contributed by atoms with Crippen LogP contribution in [0.15, 0.2) is 35.7 Å². The van der Waals surface area contributed by atoms with Crippen molar-refractivity contribution in [3.63, 3.8) is 0 Å². The zero-order valence-corrected chi connectivity index (χ0v) is 14.3. The molecule has 0 unspecified atom stereocenters. The Morgan fingerprint density at radius 1 is 1.32 bits per heavy atom. The fourth-order valence-electron chi connectivity index (χ4n) is 2.35. The Kier molecular flexibility index (Phi) is 5.53. The van der Waals surface area contributed by atoms with E-state index in [9.17, 15) is 14.0 Å². The van der Waals surface area contributed by atoms with E-state index < -0.39 is 23.4 Å². The molecule has 1 aromatic rings. The minimum atomic E-state index is -0.767. The predicted octanol–water partition coefficient (Wildman–Crippen LogP) is 1.91. The fourth-order valence-corrected chi connectivity index (χ4v) is 2.35. The van der Waals surface area contributed by atoms with Crippen molar-refractivity contribution in [1.29, 1.82) is 5.41 Å². The summed E-state index contributed by atoms with van der Waals surface area (Å²) in [4.78, 5) is 24.2. The number of alkyl carbamates (subject to hydrolysis) is 1. The normalized spacial score (nSPS) is 17.8. The molecule has 1 heterocycles. The van der Waals surface area contributed by atoms with Crippen molar-refractivity contribution in [2.24, 2.45) is 0 Å². The molecule has 1 saturated heterocycles. The first-order valence-corrected chi connectivity index (χ1v) is 7.83. The Labute approximate surface area is 145 Å². The number of nitrogens with one attached hydrogen (secondary N) is 4. The SMILES string of the molecule is CCOC(=O)N/C(NC(=O)c1ccccc1F)=C1/CNC(C)(C)C1=N. The second kappa shape index (κ2) is 7.43. The van der Waals surface area contributed by atoms with Crippen LogP contribution in [0, 0.1) is 11.2 Å². The molecule has 0 aliphatic carbocycles. The number of carbonyl (C=O) groups is 2. The minimum Gasteiger partial charge on any atom is -0.450 e. The van der Waals surface area contributed by atoms with E-state index in [1.807, 2.05) is 13.8 Å². The summed E-state index contributed by atoms with van der Waals surface area (Å²) in [6, 6.07) is 5.51. The molecule has 8 heteroatoms. The number of hydrogen-bond acceptors (Lipinski definition) is 5. The van der Waals surface area contributed by atoms with E-state index in [2.05, 4.69) is 16.0 Å². The monoisotopic (exact) mass is 348 g/mol. The van der Waals surface area contributed by atoms with Crippen molar-refractivity contribution in [3.05, 3.63) is 47.0 Å². The largest absolute Gasteiger partial charge is 0.450 e. The summed E-state index contributed by atoms with van der Waals surface area (Å²) in [5, 5.41) is 16.3. The lowest BCUT2D eigenvalue weighted by Gasteiger charge is -2.18. The Morgan fingerprint density at radius 2 is 2.00 bits per heavy atom. The molecule has 134 valence electrons. The molecule has 1 fully saturated rings. The van der Waals surface area contributed by atoms with Gasteiger partial charge < -0.3 is 20.8 Å². The van der Waals surface area contributed by atoms with Crippen molar-refractivity contribution in [3.8, 4) is 0 Å². The second-order valence-corrected chi connectivity index (χ2v) is 5.99. The highest BCUT2D eigenvalue weighted by atomic mass is 19.1.